The molecule has 0 aliphatic heterocycles. The van der Waals surface area contributed by atoms with Crippen LogP contribution in [0.4, 0.5) is 5.69 Å². The van der Waals surface area contributed by atoms with Gasteiger partial charge < -0.3 is 15.0 Å². The van der Waals surface area contributed by atoms with E-state index < -0.39 is 28.5 Å². The molecule has 186 valence electrons. The lowest BCUT2D eigenvalue weighted by Gasteiger charge is -2.32. The van der Waals surface area contributed by atoms with E-state index in [1.54, 1.807) is 55.5 Å². The topological polar surface area (TPSA) is 96.0 Å². The number of hydrogen-bond acceptors (Lipinski definition) is 5. The summed E-state index contributed by atoms with van der Waals surface area (Å²) in [6, 6.07) is 12.6. The van der Waals surface area contributed by atoms with Crippen LogP contribution in [0.25, 0.3) is 0 Å². The van der Waals surface area contributed by atoms with Crippen LogP contribution in [0, 0.1) is 0 Å². The molecule has 8 nitrogen and oxygen atoms in total. The number of carbonyl (C=O) groups excluding carboxylic acids is 2. The van der Waals surface area contributed by atoms with Gasteiger partial charge in [-0.2, -0.15) is 0 Å². The van der Waals surface area contributed by atoms with Gasteiger partial charge in [0.15, 0.2) is 0 Å². The van der Waals surface area contributed by atoms with Crippen LogP contribution in [0.1, 0.15) is 32.8 Å². The maximum absolute atomic E-state index is 13.5. The third-order valence-electron chi connectivity index (χ3n) is 5.50. The minimum atomic E-state index is -3.85. The van der Waals surface area contributed by atoms with Crippen molar-refractivity contribution in [3.63, 3.8) is 0 Å². The Morgan fingerprint density at radius 1 is 1.09 bits per heavy atom. The van der Waals surface area contributed by atoms with Crippen LogP contribution in [0.3, 0.4) is 0 Å². The number of rotatable bonds is 11. The Bertz CT molecular complexity index is 1110. The van der Waals surface area contributed by atoms with Gasteiger partial charge in [-0.3, -0.25) is 13.9 Å². The third-order valence-corrected chi connectivity index (χ3v) is 7.00. The van der Waals surface area contributed by atoms with Crippen LogP contribution >= 0.6 is 11.6 Å². The number of sulfonamides is 1. The zero-order chi connectivity index (χ0) is 25.5. The van der Waals surface area contributed by atoms with E-state index in [2.05, 4.69) is 5.32 Å². The molecule has 0 saturated carbocycles. The molecule has 0 fully saturated rings. The first-order valence-corrected chi connectivity index (χ1v) is 13.2. The fourth-order valence-electron chi connectivity index (χ4n) is 3.29. The monoisotopic (exact) mass is 509 g/mol. The highest BCUT2D eigenvalue weighted by Crippen LogP contribution is 2.30. The zero-order valence-electron chi connectivity index (χ0n) is 20.1. The molecule has 34 heavy (non-hydrogen) atoms. The highest BCUT2D eigenvalue weighted by molar-refractivity contribution is 7.92. The molecule has 0 unspecified atom stereocenters. The van der Waals surface area contributed by atoms with Gasteiger partial charge >= 0.3 is 0 Å². The molecule has 0 aliphatic rings. The summed E-state index contributed by atoms with van der Waals surface area (Å²) in [5.74, 6) is -0.582. The summed E-state index contributed by atoms with van der Waals surface area (Å²) < 4.78 is 31.6. The lowest BCUT2D eigenvalue weighted by atomic mass is 10.1. The quantitative estimate of drug-likeness (QED) is 0.500. The van der Waals surface area contributed by atoms with Gasteiger partial charge in [-0.05, 0) is 44.0 Å². The summed E-state index contributed by atoms with van der Waals surface area (Å²) in [6.45, 7) is 4.96. The van der Waals surface area contributed by atoms with E-state index in [0.29, 0.717) is 16.3 Å². The molecule has 0 heterocycles. The van der Waals surface area contributed by atoms with Crippen molar-refractivity contribution in [3.05, 3.63) is 59.1 Å². The molecule has 2 aromatic carbocycles. The summed E-state index contributed by atoms with van der Waals surface area (Å²) in [5, 5.41) is 3.32. The van der Waals surface area contributed by atoms with Gasteiger partial charge in [0, 0.05) is 17.6 Å². The van der Waals surface area contributed by atoms with Crippen molar-refractivity contribution in [2.45, 2.75) is 45.8 Å². The minimum Gasteiger partial charge on any atom is -0.495 e. The van der Waals surface area contributed by atoms with Crippen molar-refractivity contribution < 1.29 is 22.7 Å². The number of halogens is 1. The number of carbonyl (C=O) groups is 2. The standard InChI is InChI=1S/C24H32ClN3O5S/c1-6-17(2)26-24(30)18(3)27(15-19-11-7-8-12-20(19)25)23(29)16-28(34(5,31)32)21-13-9-10-14-22(21)33-4/h7-14,17-18H,6,15-16H2,1-5H3,(H,26,30)/t17-,18-/m1/s1. The molecule has 10 heteroatoms. The van der Waals surface area contributed by atoms with E-state index in [-0.39, 0.29) is 24.2 Å². The van der Waals surface area contributed by atoms with Gasteiger partial charge in [0.25, 0.3) is 0 Å². The summed E-state index contributed by atoms with van der Waals surface area (Å²) in [4.78, 5) is 27.8. The Morgan fingerprint density at radius 2 is 1.71 bits per heavy atom. The molecule has 0 spiro atoms. The zero-order valence-corrected chi connectivity index (χ0v) is 21.7. The van der Waals surface area contributed by atoms with Gasteiger partial charge in [0.2, 0.25) is 21.8 Å². The van der Waals surface area contributed by atoms with Crippen molar-refractivity contribution in [3.8, 4) is 5.75 Å². The Balaban J connectivity index is 2.44. The predicted molar refractivity (Wildman–Crippen MR) is 135 cm³/mol. The van der Waals surface area contributed by atoms with E-state index in [9.17, 15) is 18.0 Å². The maximum Gasteiger partial charge on any atom is 0.244 e. The summed E-state index contributed by atoms with van der Waals surface area (Å²) in [7, 11) is -2.43. The first-order chi connectivity index (χ1) is 16.0. The second-order valence-corrected chi connectivity index (χ2v) is 10.4. The van der Waals surface area contributed by atoms with Gasteiger partial charge in [0.05, 0.1) is 19.1 Å². The number of benzene rings is 2. The normalized spacial score (nSPS) is 13.0. The number of ether oxygens (including phenoxy) is 1. The number of anilines is 1. The Kier molecular flexibility index (Phi) is 9.76. The van der Waals surface area contributed by atoms with Gasteiger partial charge in [-0.15, -0.1) is 0 Å². The average molecular weight is 510 g/mol. The summed E-state index contributed by atoms with van der Waals surface area (Å²) in [6.07, 6.45) is 1.75. The molecule has 2 atom stereocenters. The van der Waals surface area contributed by atoms with Gasteiger partial charge in [0.1, 0.15) is 18.3 Å². The molecule has 2 amide bonds. The Labute approximate surface area is 206 Å². The Morgan fingerprint density at radius 3 is 2.29 bits per heavy atom. The lowest BCUT2D eigenvalue weighted by molar-refractivity contribution is -0.139. The molecular weight excluding hydrogens is 478 g/mol. The highest BCUT2D eigenvalue weighted by Gasteiger charge is 2.31. The number of para-hydroxylation sites is 2. The van der Waals surface area contributed by atoms with E-state index in [4.69, 9.17) is 16.3 Å². The molecule has 0 aromatic heterocycles. The van der Waals surface area contributed by atoms with Crippen LogP contribution in [-0.4, -0.2) is 57.1 Å². The maximum atomic E-state index is 13.5. The molecule has 1 N–H and O–H groups in total. The van der Waals surface area contributed by atoms with E-state index in [0.717, 1.165) is 17.0 Å². The largest absolute Gasteiger partial charge is 0.495 e. The van der Waals surface area contributed by atoms with Crippen molar-refractivity contribution >= 4 is 39.1 Å². The molecule has 0 radical (unpaired) electrons. The summed E-state index contributed by atoms with van der Waals surface area (Å²) >= 11 is 6.32. The highest BCUT2D eigenvalue weighted by atomic mass is 35.5. The van der Waals surface area contributed by atoms with E-state index in [1.165, 1.54) is 12.0 Å². The predicted octanol–water partition coefficient (Wildman–Crippen LogP) is 3.45. The Hall–Kier alpha value is -2.78. The number of amides is 2. The van der Waals surface area contributed by atoms with Crippen molar-refractivity contribution in [2.75, 3.05) is 24.2 Å². The molecule has 2 rings (SSSR count). The van der Waals surface area contributed by atoms with Crippen LogP contribution in [0.15, 0.2) is 48.5 Å². The third kappa shape index (κ3) is 7.11. The van der Waals surface area contributed by atoms with E-state index in [1.807, 2.05) is 13.8 Å². The first kappa shape index (κ1) is 27.5. The second-order valence-electron chi connectivity index (χ2n) is 8.05. The van der Waals surface area contributed by atoms with Crippen molar-refractivity contribution in [1.82, 2.24) is 10.2 Å². The minimum absolute atomic E-state index is 0.0388. The number of nitrogens with zero attached hydrogens (tertiary/aromatic N) is 2. The average Bonchev–Trinajstić information content (AvgIpc) is 2.80. The molecule has 2 aromatic rings. The van der Waals surface area contributed by atoms with Crippen LogP contribution < -0.4 is 14.4 Å². The van der Waals surface area contributed by atoms with Crippen molar-refractivity contribution in [1.29, 1.82) is 0 Å². The van der Waals surface area contributed by atoms with Crippen molar-refractivity contribution in [2.24, 2.45) is 0 Å². The molecule has 0 bridgehead atoms. The fraction of sp³-hybridized carbons (Fsp3) is 0.417. The van der Waals surface area contributed by atoms with Gasteiger partial charge in [-0.1, -0.05) is 48.9 Å². The van der Waals surface area contributed by atoms with Crippen LogP contribution in [-0.2, 0) is 26.2 Å². The molecule has 0 saturated heterocycles. The van der Waals surface area contributed by atoms with Crippen LogP contribution in [0.5, 0.6) is 5.75 Å². The number of hydrogen-bond donors (Lipinski definition) is 1. The molecule has 0 aliphatic carbocycles. The number of methoxy groups -OCH3 is 1. The lowest BCUT2D eigenvalue weighted by Crippen LogP contribution is -2.52. The SMILES string of the molecule is CC[C@@H](C)NC(=O)[C@@H](C)N(Cc1ccccc1Cl)C(=O)CN(c1ccccc1OC)S(C)(=O)=O. The van der Waals surface area contributed by atoms with Crippen LogP contribution in [0.2, 0.25) is 5.02 Å². The second kappa shape index (κ2) is 12.1. The molecular formula is C24H32ClN3O5S. The first-order valence-electron chi connectivity index (χ1n) is 10.9. The number of nitrogens with one attached hydrogen (secondary N) is 1. The van der Waals surface area contributed by atoms with Gasteiger partial charge in [-0.25, -0.2) is 8.42 Å². The fourth-order valence-corrected chi connectivity index (χ4v) is 4.34. The van der Waals surface area contributed by atoms with E-state index >= 15 is 0 Å². The smallest absolute Gasteiger partial charge is 0.244 e. The summed E-state index contributed by atoms with van der Waals surface area (Å²) in [5.41, 5.74) is 0.874.